The first kappa shape index (κ1) is 65.4. The summed E-state index contributed by atoms with van der Waals surface area (Å²) in [5.41, 5.74) is -30.2. The maximum Gasteiger partial charge on any atom is 0.416 e. The standard InChI is InChI=1S/C32H12BF24.C26H33S.CH2Cl2/c34-25(35,36)13-1-14(26(37,38)39)6-21(5-13)33(22-7-15(27(40,41)42)2-16(8-22)28(43,44)45,23-9-17(29(46,47)48)3-18(10-23)30(49,50)51)24-11-19(31(52,53)54)4-20(12-24)32(55,56)57;1-2-4-24(5-3-1)27-25(20-8-16-6-17(10-20)11-21(25)9-16)26(27)22-12-18-7-19(14-22)15-23(26)13-18;2-1-3/h1-12H;1-5,16-23H,6-15H2;1H2/q-1;+1;. The van der Waals surface area contributed by atoms with Crippen molar-refractivity contribution in [2.24, 2.45) is 47.3 Å². The van der Waals surface area contributed by atoms with Gasteiger partial charge in [-0.2, -0.15) is 127 Å². The van der Waals surface area contributed by atoms with Crippen LogP contribution in [0.15, 0.2) is 108 Å². The van der Waals surface area contributed by atoms with Crippen molar-refractivity contribution in [3.8, 4) is 0 Å². The van der Waals surface area contributed by atoms with E-state index in [4.69, 9.17) is 23.2 Å². The molecule has 5 aromatic carbocycles. The predicted octanol–water partition coefficient (Wildman–Crippen LogP) is 18.7. The molecular weight excluding hydrogens is 1280 g/mol. The van der Waals surface area contributed by atoms with Crippen molar-refractivity contribution in [3.63, 3.8) is 0 Å². The van der Waals surface area contributed by atoms with Gasteiger partial charge < -0.3 is 0 Å². The molecule has 8 aliphatic carbocycles. The number of rotatable bonds is 5. The zero-order chi connectivity index (χ0) is 64.0. The van der Waals surface area contributed by atoms with Crippen molar-refractivity contribution in [1.29, 1.82) is 0 Å². The highest BCUT2D eigenvalue weighted by Crippen LogP contribution is 2.85. The van der Waals surface area contributed by atoms with E-state index in [9.17, 15) is 105 Å². The predicted molar refractivity (Wildman–Crippen MR) is 278 cm³/mol. The molecule has 8 saturated carbocycles. The third-order valence-electron chi connectivity index (χ3n) is 19.4. The van der Waals surface area contributed by atoms with Gasteiger partial charge in [-0.3, -0.25) is 0 Å². The van der Waals surface area contributed by atoms with E-state index in [-0.39, 0.29) is 5.34 Å². The molecule has 1 heterocycles. The molecule has 28 heteroatoms. The lowest BCUT2D eigenvalue weighted by Crippen LogP contribution is -2.75. The average Bonchev–Trinajstić information content (AvgIpc) is 1.44. The molecule has 9 aliphatic rings. The lowest BCUT2D eigenvalue weighted by Gasteiger charge is -2.57. The fourth-order valence-corrected chi connectivity index (χ4v) is 22.0. The maximum atomic E-state index is 14.2. The molecule has 1 saturated heterocycles. The summed E-state index contributed by atoms with van der Waals surface area (Å²) in [5, 5.41) is 0.194. The molecule has 0 radical (unpaired) electrons. The van der Waals surface area contributed by atoms with Crippen LogP contribution in [0.1, 0.15) is 109 Å². The fraction of sp³-hybridized carbons (Fsp3) is 0.492. The second-order valence-electron chi connectivity index (χ2n) is 24.1. The first-order valence-electron chi connectivity index (χ1n) is 27.2. The summed E-state index contributed by atoms with van der Waals surface area (Å²) in [6.07, 6.45) is -38.6. The number of hydrogen-bond donors (Lipinski definition) is 0. The van der Waals surface area contributed by atoms with E-state index in [1.54, 1.807) is 69.1 Å². The van der Waals surface area contributed by atoms with Gasteiger partial charge in [0.05, 0.1) is 49.8 Å². The van der Waals surface area contributed by atoms with Crippen molar-refractivity contribution < 1.29 is 105 Å². The van der Waals surface area contributed by atoms with Gasteiger partial charge in [0.15, 0.2) is 14.4 Å². The minimum atomic E-state index is -6.13. The zero-order valence-electron chi connectivity index (χ0n) is 44.5. The summed E-state index contributed by atoms with van der Waals surface area (Å²) in [6, 6.07) is 3.26. The van der Waals surface area contributed by atoms with Gasteiger partial charge in [-0.05, 0) is 124 Å². The molecule has 0 N–H and O–H groups in total. The van der Waals surface area contributed by atoms with Gasteiger partial charge in [0.25, 0.3) is 0 Å². The molecule has 9 fully saturated rings. The second-order valence-corrected chi connectivity index (χ2v) is 27.4. The van der Waals surface area contributed by atoms with Crippen LogP contribution >= 0.6 is 23.2 Å². The third kappa shape index (κ3) is 11.6. The van der Waals surface area contributed by atoms with Crippen molar-refractivity contribution >= 4 is 62.1 Å². The highest BCUT2D eigenvalue weighted by atomic mass is 35.5. The van der Waals surface area contributed by atoms with E-state index in [1.807, 2.05) is 0 Å². The lowest BCUT2D eigenvalue weighted by molar-refractivity contribution is -0.144. The molecule has 0 aromatic heterocycles. The summed E-state index contributed by atoms with van der Waals surface area (Å²) in [5.74, 6) is 8.90. The first-order valence-corrected chi connectivity index (χ1v) is 29.5. The number of hydrogen-bond acceptors (Lipinski definition) is 0. The zero-order valence-corrected chi connectivity index (χ0v) is 46.9. The molecule has 5 aromatic rings. The number of alkyl halides is 26. The lowest BCUT2D eigenvalue weighted by atomic mass is 9.12. The minimum Gasteiger partial charge on any atom is -0.194 e. The molecule has 14 rings (SSSR count). The van der Waals surface area contributed by atoms with E-state index >= 15 is 0 Å². The molecule has 2 spiro atoms. The van der Waals surface area contributed by atoms with Crippen LogP contribution in [0.25, 0.3) is 0 Å². The Bertz CT molecular complexity index is 2830. The van der Waals surface area contributed by atoms with Crippen LogP contribution in [0.2, 0.25) is 0 Å². The Labute approximate surface area is 494 Å². The third-order valence-corrected chi connectivity index (χ3v) is 23.3. The minimum absolute atomic E-state index is 0.194. The van der Waals surface area contributed by atoms with Gasteiger partial charge >= 0.3 is 49.4 Å². The largest absolute Gasteiger partial charge is 0.416 e. The monoisotopic (exact) mass is 1320 g/mol. The van der Waals surface area contributed by atoms with Gasteiger partial charge in [-0.1, -0.05) is 66.7 Å². The Morgan fingerprint density at radius 1 is 0.310 bits per heavy atom. The summed E-state index contributed by atoms with van der Waals surface area (Å²) < 4.78 is 342. The Kier molecular flexibility index (Phi) is 16.4. The smallest absolute Gasteiger partial charge is 0.194 e. The molecule has 0 nitrogen and oxygen atoms in total. The van der Waals surface area contributed by atoms with Crippen LogP contribution < -0.4 is 21.9 Å². The molecule has 87 heavy (non-hydrogen) atoms. The van der Waals surface area contributed by atoms with Gasteiger partial charge in [0.1, 0.15) is 6.15 Å². The summed E-state index contributed by atoms with van der Waals surface area (Å²) in [6.45, 7) is 0. The molecular formula is C59H47BCl2F24S. The molecule has 474 valence electrons. The number of benzene rings is 5. The van der Waals surface area contributed by atoms with Crippen molar-refractivity contribution in [3.05, 3.63) is 148 Å². The Morgan fingerprint density at radius 3 is 0.667 bits per heavy atom. The molecule has 0 amide bonds. The SMILES string of the molecule is ClCCl.FC(F)(F)c1cc([B-](c2cc(C(F)(F)F)cc(C(F)(F)F)c2)(c2cc(C(F)(F)F)cc(C(F)(F)F)c2)c2cc(C(F)(F)F)cc(C(F)(F)F)c2)cc(C(F)(F)F)c1.c1ccc([S+]2C3(C4CC5CC(C4)CC3C5)C23C2CC4CC(C2)CC3C4)cc1. The second kappa shape index (κ2) is 21.8. The maximum absolute atomic E-state index is 14.2. The van der Waals surface area contributed by atoms with Crippen molar-refractivity contribution in [2.45, 2.75) is 128 Å². The topological polar surface area (TPSA) is 0 Å². The highest BCUT2D eigenvalue weighted by Gasteiger charge is 2.99. The summed E-state index contributed by atoms with van der Waals surface area (Å²) >= 11 is 9.53. The van der Waals surface area contributed by atoms with Gasteiger partial charge in [-0.25, -0.2) is 0 Å². The van der Waals surface area contributed by atoms with E-state index in [2.05, 4.69) is 30.3 Å². The van der Waals surface area contributed by atoms with Gasteiger partial charge in [0, 0.05) is 34.6 Å². The molecule has 1 aliphatic heterocycles. The van der Waals surface area contributed by atoms with E-state index < -0.39 is 195 Å². The van der Waals surface area contributed by atoms with E-state index in [0.29, 0.717) is 10.9 Å². The molecule has 0 atom stereocenters. The summed E-state index contributed by atoms with van der Waals surface area (Å²) in [4.78, 5) is 1.79. The van der Waals surface area contributed by atoms with E-state index in [0.717, 1.165) is 56.8 Å². The molecule has 0 unspecified atom stereocenters. The van der Waals surface area contributed by atoms with Crippen LogP contribution in [0.4, 0.5) is 105 Å². The van der Waals surface area contributed by atoms with Crippen LogP contribution in [0, 0.1) is 47.3 Å². The van der Waals surface area contributed by atoms with E-state index in [1.165, 1.54) is 0 Å². The van der Waals surface area contributed by atoms with Crippen LogP contribution in [-0.2, 0) is 60.3 Å². The Hall–Kier alpha value is -4.59. The van der Waals surface area contributed by atoms with Crippen molar-refractivity contribution in [2.75, 3.05) is 5.34 Å². The first-order chi connectivity index (χ1) is 40.0. The summed E-state index contributed by atoms with van der Waals surface area (Å²) in [7, 11) is 0.575. The van der Waals surface area contributed by atoms with Crippen LogP contribution in [0.5, 0.6) is 0 Å². The number of halogens is 26. The van der Waals surface area contributed by atoms with Crippen LogP contribution in [0.3, 0.4) is 0 Å². The van der Waals surface area contributed by atoms with Crippen molar-refractivity contribution in [1.82, 2.24) is 0 Å². The van der Waals surface area contributed by atoms with Gasteiger partial charge in [-0.15, -0.1) is 23.2 Å². The van der Waals surface area contributed by atoms with Gasteiger partial charge in [0.2, 0.25) is 0 Å². The van der Waals surface area contributed by atoms with Crippen LogP contribution in [-0.4, -0.2) is 21.0 Å². The fourth-order valence-electron chi connectivity index (χ4n) is 17.1. The Balaban J connectivity index is 0.000000226. The quantitative estimate of drug-likeness (QED) is 0.0541. The highest BCUT2D eigenvalue weighted by molar-refractivity contribution is 8.07. The Morgan fingerprint density at radius 2 is 0.494 bits per heavy atom. The normalized spacial score (nSPS) is 28.6. The average molecular weight is 1330 g/mol. The molecule has 8 bridgehead atoms.